The molecular formula is C16H21N. The van der Waals surface area contributed by atoms with Gasteiger partial charge >= 0.3 is 0 Å². The third-order valence-corrected chi connectivity index (χ3v) is 3.15. The molecule has 0 radical (unpaired) electrons. The molecule has 1 heteroatoms. The van der Waals surface area contributed by atoms with Gasteiger partial charge in [0.15, 0.2) is 0 Å². The number of pyridine rings is 1. The standard InChI is InChI=1S/C16H21N/c1-5-15-12(4)9-14-10-13(8-11(2)3)6-7-16(14)17-15/h6-7,9-11H,5,8H2,1-4H3. The number of benzene rings is 1. The quantitative estimate of drug-likeness (QED) is 0.761. The zero-order chi connectivity index (χ0) is 12.4. The second-order valence-corrected chi connectivity index (χ2v) is 5.23. The molecule has 0 aliphatic rings. The van der Waals surface area contributed by atoms with Gasteiger partial charge in [-0.2, -0.15) is 0 Å². The van der Waals surface area contributed by atoms with Gasteiger partial charge in [0.2, 0.25) is 0 Å². The second kappa shape index (κ2) is 4.87. The van der Waals surface area contributed by atoms with E-state index < -0.39 is 0 Å². The van der Waals surface area contributed by atoms with E-state index >= 15 is 0 Å². The number of aryl methyl sites for hydroxylation is 2. The van der Waals surface area contributed by atoms with Crippen molar-refractivity contribution in [1.29, 1.82) is 0 Å². The van der Waals surface area contributed by atoms with Crippen LogP contribution < -0.4 is 0 Å². The Morgan fingerprint density at radius 2 is 1.94 bits per heavy atom. The lowest BCUT2D eigenvalue weighted by molar-refractivity contribution is 0.648. The molecule has 1 aromatic carbocycles. The smallest absolute Gasteiger partial charge is 0.0705 e. The third kappa shape index (κ3) is 2.66. The average molecular weight is 227 g/mol. The lowest BCUT2D eigenvalue weighted by Crippen LogP contribution is -1.96. The van der Waals surface area contributed by atoms with Gasteiger partial charge in [0.05, 0.1) is 5.52 Å². The van der Waals surface area contributed by atoms with Crippen molar-refractivity contribution in [1.82, 2.24) is 4.98 Å². The lowest BCUT2D eigenvalue weighted by atomic mass is 10.00. The Hall–Kier alpha value is -1.37. The molecular weight excluding hydrogens is 206 g/mol. The van der Waals surface area contributed by atoms with Crippen LogP contribution in [0.1, 0.15) is 37.6 Å². The van der Waals surface area contributed by atoms with Gasteiger partial charge in [-0.05, 0) is 55.0 Å². The highest BCUT2D eigenvalue weighted by Gasteiger charge is 2.04. The molecule has 2 rings (SSSR count). The topological polar surface area (TPSA) is 12.9 Å². The van der Waals surface area contributed by atoms with Crippen LogP contribution in [0.5, 0.6) is 0 Å². The van der Waals surface area contributed by atoms with Gasteiger partial charge in [0, 0.05) is 11.1 Å². The minimum Gasteiger partial charge on any atom is -0.253 e. The number of rotatable bonds is 3. The van der Waals surface area contributed by atoms with E-state index in [4.69, 9.17) is 4.98 Å². The van der Waals surface area contributed by atoms with Crippen molar-refractivity contribution in [3.8, 4) is 0 Å². The Morgan fingerprint density at radius 1 is 1.18 bits per heavy atom. The van der Waals surface area contributed by atoms with Crippen LogP contribution in [0.15, 0.2) is 24.3 Å². The Morgan fingerprint density at radius 3 is 2.59 bits per heavy atom. The average Bonchev–Trinajstić information content (AvgIpc) is 2.27. The van der Waals surface area contributed by atoms with Gasteiger partial charge in [-0.3, -0.25) is 4.98 Å². The van der Waals surface area contributed by atoms with Crippen LogP contribution >= 0.6 is 0 Å². The van der Waals surface area contributed by atoms with Crippen LogP contribution in [0.25, 0.3) is 10.9 Å². The predicted molar refractivity (Wildman–Crippen MR) is 74.4 cm³/mol. The first kappa shape index (κ1) is 12.1. The Bertz CT molecular complexity index is 526. The fraction of sp³-hybridized carbons (Fsp3) is 0.438. The Labute approximate surface area is 104 Å². The number of hydrogen-bond donors (Lipinski definition) is 0. The van der Waals surface area contributed by atoms with Crippen molar-refractivity contribution in [3.05, 3.63) is 41.1 Å². The minimum atomic E-state index is 0.705. The largest absolute Gasteiger partial charge is 0.253 e. The van der Waals surface area contributed by atoms with Crippen LogP contribution in [0.2, 0.25) is 0 Å². The van der Waals surface area contributed by atoms with Gasteiger partial charge in [0.1, 0.15) is 0 Å². The number of fused-ring (bicyclic) bond motifs is 1. The van der Waals surface area contributed by atoms with Gasteiger partial charge in [0.25, 0.3) is 0 Å². The SMILES string of the molecule is CCc1nc2ccc(CC(C)C)cc2cc1C. The van der Waals surface area contributed by atoms with Gasteiger partial charge in [-0.25, -0.2) is 0 Å². The molecule has 17 heavy (non-hydrogen) atoms. The van der Waals surface area contributed by atoms with Gasteiger partial charge in [-0.1, -0.05) is 26.8 Å². The summed E-state index contributed by atoms with van der Waals surface area (Å²) < 4.78 is 0. The molecule has 0 bridgehead atoms. The van der Waals surface area contributed by atoms with Gasteiger partial charge < -0.3 is 0 Å². The van der Waals surface area contributed by atoms with Crippen molar-refractivity contribution >= 4 is 10.9 Å². The summed E-state index contributed by atoms with van der Waals surface area (Å²) in [5.41, 5.74) is 5.06. The van der Waals surface area contributed by atoms with Crippen molar-refractivity contribution in [2.75, 3.05) is 0 Å². The molecule has 90 valence electrons. The maximum atomic E-state index is 4.71. The molecule has 0 aliphatic carbocycles. The molecule has 0 spiro atoms. The number of hydrogen-bond acceptors (Lipinski definition) is 1. The lowest BCUT2D eigenvalue weighted by Gasteiger charge is -2.08. The molecule has 0 N–H and O–H groups in total. The van der Waals surface area contributed by atoms with E-state index in [1.807, 2.05) is 0 Å². The minimum absolute atomic E-state index is 0.705. The molecule has 1 nitrogen and oxygen atoms in total. The van der Waals surface area contributed by atoms with Crippen LogP contribution in [0.4, 0.5) is 0 Å². The predicted octanol–water partition coefficient (Wildman–Crippen LogP) is 4.30. The Balaban J connectivity index is 2.47. The maximum absolute atomic E-state index is 4.71. The molecule has 0 aliphatic heterocycles. The summed E-state index contributed by atoms with van der Waals surface area (Å²) in [5, 5.41) is 1.28. The summed E-state index contributed by atoms with van der Waals surface area (Å²) in [7, 11) is 0. The first-order chi connectivity index (χ1) is 8.10. The molecule has 0 fully saturated rings. The molecule has 0 amide bonds. The van der Waals surface area contributed by atoms with Crippen LogP contribution in [0.3, 0.4) is 0 Å². The van der Waals surface area contributed by atoms with Crippen LogP contribution in [-0.2, 0) is 12.8 Å². The molecule has 0 saturated carbocycles. The first-order valence-electron chi connectivity index (χ1n) is 6.49. The number of aromatic nitrogens is 1. The molecule has 1 heterocycles. The molecule has 1 aromatic heterocycles. The van der Waals surface area contributed by atoms with E-state index in [2.05, 4.69) is 52.0 Å². The van der Waals surface area contributed by atoms with Crippen molar-refractivity contribution in [2.24, 2.45) is 5.92 Å². The third-order valence-electron chi connectivity index (χ3n) is 3.15. The first-order valence-corrected chi connectivity index (χ1v) is 6.49. The van der Waals surface area contributed by atoms with Crippen LogP contribution in [-0.4, -0.2) is 4.98 Å². The highest BCUT2D eigenvalue weighted by molar-refractivity contribution is 5.80. The fourth-order valence-electron chi connectivity index (χ4n) is 2.33. The van der Waals surface area contributed by atoms with E-state index in [9.17, 15) is 0 Å². The fourth-order valence-corrected chi connectivity index (χ4v) is 2.33. The van der Waals surface area contributed by atoms with Crippen molar-refractivity contribution < 1.29 is 0 Å². The van der Waals surface area contributed by atoms with E-state index in [1.165, 1.54) is 22.2 Å². The highest BCUT2D eigenvalue weighted by atomic mass is 14.7. The monoisotopic (exact) mass is 227 g/mol. The summed E-state index contributed by atoms with van der Waals surface area (Å²) in [5.74, 6) is 0.705. The summed E-state index contributed by atoms with van der Waals surface area (Å²) in [6.45, 7) is 8.83. The van der Waals surface area contributed by atoms with Crippen molar-refractivity contribution in [2.45, 2.75) is 40.5 Å². The summed E-state index contributed by atoms with van der Waals surface area (Å²) in [6.07, 6.45) is 2.15. The summed E-state index contributed by atoms with van der Waals surface area (Å²) in [4.78, 5) is 4.71. The number of nitrogens with zero attached hydrogens (tertiary/aromatic N) is 1. The maximum Gasteiger partial charge on any atom is 0.0705 e. The summed E-state index contributed by atoms with van der Waals surface area (Å²) in [6, 6.07) is 8.93. The van der Waals surface area contributed by atoms with E-state index in [-0.39, 0.29) is 0 Å². The van der Waals surface area contributed by atoms with E-state index in [1.54, 1.807) is 0 Å². The van der Waals surface area contributed by atoms with E-state index in [0.29, 0.717) is 5.92 Å². The molecule has 0 atom stereocenters. The zero-order valence-corrected chi connectivity index (χ0v) is 11.2. The van der Waals surface area contributed by atoms with Crippen molar-refractivity contribution in [3.63, 3.8) is 0 Å². The van der Waals surface area contributed by atoms with E-state index in [0.717, 1.165) is 18.4 Å². The second-order valence-electron chi connectivity index (χ2n) is 5.23. The molecule has 0 saturated heterocycles. The van der Waals surface area contributed by atoms with Crippen LogP contribution in [0, 0.1) is 12.8 Å². The highest BCUT2D eigenvalue weighted by Crippen LogP contribution is 2.20. The zero-order valence-electron chi connectivity index (χ0n) is 11.2. The molecule has 0 unspecified atom stereocenters. The van der Waals surface area contributed by atoms with Gasteiger partial charge in [-0.15, -0.1) is 0 Å². The Kier molecular flexibility index (Phi) is 3.46. The molecule has 2 aromatic rings. The normalized spacial score (nSPS) is 11.4. The summed E-state index contributed by atoms with van der Waals surface area (Å²) >= 11 is 0.